The number of carbonyl (C=O) groups excluding carboxylic acids is 1. The van der Waals surface area contributed by atoms with Crippen molar-refractivity contribution in [3.05, 3.63) is 69.7 Å². The van der Waals surface area contributed by atoms with E-state index in [1.54, 1.807) is 42.5 Å². The molecular weight excluding hydrogens is 370 g/mol. The van der Waals surface area contributed by atoms with Gasteiger partial charge in [0.1, 0.15) is 6.33 Å². The topological polar surface area (TPSA) is 82.5 Å². The molecule has 1 heterocycles. The molecule has 2 aromatic carbocycles. The summed E-state index contributed by atoms with van der Waals surface area (Å²) >= 11 is 6.00. The summed E-state index contributed by atoms with van der Waals surface area (Å²) in [5.41, 5.74) is 1.20. The van der Waals surface area contributed by atoms with E-state index in [4.69, 9.17) is 21.1 Å². The van der Waals surface area contributed by atoms with Gasteiger partial charge in [-0.25, -0.2) is 4.98 Å². The number of rotatable bonds is 6. The largest absolute Gasteiger partial charge is 0.354 e. The molecule has 0 saturated carbocycles. The van der Waals surface area contributed by atoms with Crippen molar-refractivity contribution in [3.8, 4) is 5.69 Å². The summed E-state index contributed by atoms with van der Waals surface area (Å²) < 4.78 is 11.5. The Balaban J connectivity index is 1.90. The maximum Gasteiger partial charge on any atom is 0.265 e. The molecule has 3 aromatic rings. The first-order chi connectivity index (χ1) is 13.0. The summed E-state index contributed by atoms with van der Waals surface area (Å²) in [4.78, 5) is 29.4. The second-order valence-corrected chi connectivity index (χ2v) is 6.18. The molecule has 1 amide bonds. The number of nitrogens with zero attached hydrogens (tertiary/aromatic N) is 2. The first kappa shape index (κ1) is 19.0. The number of nitrogens with one attached hydrogen (secondary N) is 1. The number of hydrogen-bond acceptors (Lipinski definition) is 5. The molecule has 0 fully saturated rings. The van der Waals surface area contributed by atoms with E-state index in [1.807, 2.05) is 0 Å². The maximum atomic E-state index is 12.8. The Labute approximate surface area is 160 Å². The summed E-state index contributed by atoms with van der Waals surface area (Å²) in [6.07, 6.45) is 0.890. The van der Waals surface area contributed by atoms with Crippen LogP contribution in [0.25, 0.3) is 16.6 Å². The fourth-order valence-electron chi connectivity index (χ4n) is 2.61. The van der Waals surface area contributed by atoms with Crippen molar-refractivity contribution >= 4 is 28.4 Å². The van der Waals surface area contributed by atoms with Crippen LogP contribution in [0.4, 0.5) is 0 Å². The average molecular weight is 388 g/mol. The Morgan fingerprint density at radius 3 is 2.70 bits per heavy atom. The maximum absolute atomic E-state index is 12.8. The number of amides is 1. The van der Waals surface area contributed by atoms with E-state index in [0.717, 1.165) is 0 Å². The lowest BCUT2D eigenvalue weighted by molar-refractivity contribution is -0.0974. The Kier molecular flexibility index (Phi) is 5.85. The lowest BCUT2D eigenvalue weighted by Crippen LogP contribution is -2.34. The standard InChI is InChI=1S/C19H18ClN3O4/c1-26-17(27-2)10-21-18(24)12-6-7-15-16(8-12)22-11-23(19(15)25)14-5-3-4-13(20)9-14/h3-9,11,17H,10H2,1-2H3,(H,21,24). The fraction of sp³-hybridized carbons (Fsp3) is 0.211. The molecule has 0 radical (unpaired) electrons. The van der Waals surface area contributed by atoms with Gasteiger partial charge in [-0.1, -0.05) is 17.7 Å². The average Bonchev–Trinajstić information content (AvgIpc) is 2.68. The van der Waals surface area contributed by atoms with Gasteiger partial charge in [0.25, 0.3) is 11.5 Å². The highest BCUT2D eigenvalue weighted by Crippen LogP contribution is 2.15. The van der Waals surface area contributed by atoms with E-state index in [0.29, 0.717) is 27.2 Å². The molecule has 27 heavy (non-hydrogen) atoms. The third kappa shape index (κ3) is 4.16. The zero-order valence-electron chi connectivity index (χ0n) is 14.8. The Bertz CT molecular complexity index is 1030. The summed E-state index contributed by atoms with van der Waals surface area (Å²) in [7, 11) is 2.98. The number of fused-ring (bicyclic) bond motifs is 1. The second kappa shape index (κ2) is 8.30. The minimum absolute atomic E-state index is 0.202. The zero-order chi connectivity index (χ0) is 19.4. The number of carbonyl (C=O) groups is 1. The van der Waals surface area contributed by atoms with Crippen LogP contribution in [0.2, 0.25) is 5.02 Å². The summed E-state index contributed by atoms with van der Waals surface area (Å²) in [5.74, 6) is -0.309. The van der Waals surface area contributed by atoms with Crippen molar-refractivity contribution in [2.75, 3.05) is 20.8 Å². The normalized spacial score (nSPS) is 11.1. The SMILES string of the molecule is COC(CNC(=O)c1ccc2c(=O)n(-c3cccc(Cl)c3)cnc2c1)OC. The van der Waals surface area contributed by atoms with Crippen molar-refractivity contribution in [2.24, 2.45) is 0 Å². The van der Waals surface area contributed by atoms with Crippen LogP contribution in [0.5, 0.6) is 0 Å². The van der Waals surface area contributed by atoms with Gasteiger partial charge in [0.2, 0.25) is 0 Å². The molecule has 0 bridgehead atoms. The van der Waals surface area contributed by atoms with Gasteiger partial charge in [-0.2, -0.15) is 0 Å². The Morgan fingerprint density at radius 1 is 1.22 bits per heavy atom. The molecule has 0 unspecified atom stereocenters. The molecule has 0 spiro atoms. The van der Waals surface area contributed by atoms with Gasteiger partial charge in [-0.05, 0) is 36.4 Å². The van der Waals surface area contributed by atoms with Crippen molar-refractivity contribution in [1.29, 1.82) is 0 Å². The van der Waals surface area contributed by atoms with Crippen LogP contribution >= 0.6 is 11.6 Å². The monoisotopic (exact) mass is 387 g/mol. The predicted molar refractivity (Wildman–Crippen MR) is 102 cm³/mol. The number of methoxy groups -OCH3 is 2. The van der Waals surface area contributed by atoms with Gasteiger partial charge < -0.3 is 14.8 Å². The quantitative estimate of drug-likeness (QED) is 0.657. The van der Waals surface area contributed by atoms with Gasteiger partial charge in [-0.15, -0.1) is 0 Å². The molecule has 1 N–H and O–H groups in total. The Hall–Kier alpha value is -2.74. The number of aromatic nitrogens is 2. The zero-order valence-corrected chi connectivity index (χ0v) is 15.6. The molecule has 8 heteroatoms. The molecule has 140 valence electrons. The minimum Gasteiger partial charge on any atom is -0.354 e. The minimum atomic E-state index is -0.530. The molecule has 0 atom stereocenters. The highest BCUT2D eigenvalue weighted by Gasteiger charge is 2.12. The van der Waals surface area contributed by atoms with Crippen LogP contribution in [-0.2, 0) is 9.47 Å². The number of ether oxygens (including phenoxy) is 2. The lowest BCUT2D eigenvalue weighted by Gasteiger charge is -2.14. The van der Waals surface area contributed by atoms with E-state index in [9.17, 15) is 9.59 Å². The van der Waals surface area contributed by atoms with Gasteiger partial charge in [0.05, 0.1) is 23.1 Å². The van der Waals surface area contributed by atoms with E-state index in [2.05, 4.69) is 10.3 Å². The first-order valence-electron chi connectivity index (χ1n) is 8.14. The summed E-state index contributed by atoms with van der Waals surface area (Å²) in [6.45, 7) is 0.202. The van der Waals surface area contributed by atoms with E-state index >= 15 is 0 Å². The third-order valence-corrected chi connectivity index (χ3v) is 4.30. The van der Waals surface area contributed by atoms with Gasteiger partial charge in [-0.3, -0.25) is 14.2 Å². The van der Waals surface area contributed by atoms with Crippen molar-refractivity contribution in [2.45, 2.75) is 6.29 Å². The van der Waals surface area contributed by atoms with Crippen LogP contribution in [-0.4, -0.2) is 42.5 Å². The third-order valence-electron chi connectivity index (χ3n) is 4.06. The smallest absolute Gasteiger partial charge is 0.265 e. The van der Waals surface area contributed by atoms with Crippen LogP contribution in [0.3, 0.4) is 0 Å². The van der Waals surface area contributed by atoms with E-state index in [1.165, 1.54) is 25.1 Å². The molecule has 0 aliphatic carbocycles. The van der Waals surface area contributed by atoms with Gasteiger partial charge in [0.15, 0.2) is 6.29 Å². The fourth-order valence-corrected chi connectivity index (χ4v) is 2.80. The number of halogens is 1. The van der Waals surface area contributed by atoms with Crippen molar-refractivity contribution in [1.82, 2.24) is 14.9 Å². The van der Waals surface area contributed by atoms with Crippen LogP contribution in [0, 0.1) is 0 Å². The van der Waals surface area contributed by atoms with E-state index in [-0.39, 0.29) is 18.0 Å². The van der Waals surface area contributed by atoms with Crippen LogP contribution in [0.1, 0.15) is 10.4 Å². The molecule has 1 aromatic heterocycles. The van der Waals surface area contributed by atoms with Crippen molar-refractivity contribution < 1.29 is 14.3 Å². The highest BCUT2D eigenvalue weighted by atomic mass is 35.5. The number of benzene rings is 2. The first-order valence-corrected chi connectivity index (χ1v) is 8.52. The lowest BCUT2D eigenvalue weighted by atomic mass is 10.1. The molecular formula is C19H18ClN3O4. The molecule has 0 aliphatic heterocycles. The Morgan fingerprint density at radius 2 is 2.00 bits per heavy atom. The molecule has 3 rings (SSSR count). The molecule has 0 aliphatic rings. The van der Waals surface area contributed by atoms with Gasteiger partial charge in [0, 0.05) is 24.8 Å². The number of hydrogen-bond donors (Lipinski definition) is 1. The van der Waals surface area contributed by atoms with Crippen LogP contribution < -0.4 is 10.9 Å². The predicted octanol–water partition coefficient (Wildman–Crippen LogP) is 2.39. The summed E-state index contributed by atoms with van der Waals surface area (Å²) in [6, 6.07) is 11.7. The van der Waals surface area contributed by atoms with Crippen LogP contribution in [0.15, 0.2) is 53.6 Å². The van der Waals surface area contributed by atoms with Crippen molar-refractivity contribution in [3.63, 3.8) is 0 Å². The van der Waals surface area contributed by atoms with E-state index < -0.39 is 6.29 Å². The molecule has 0 saturated heterocycles. The molecule has 7 nitrogen and oxygen atoms in total. The summed E-state index contributed by atoms with van der Waals surface area (Å²) in [5, 5.41) is 3.64. The second-order valence-electron chi connectivity index (χ2n) is 5.74. The highest BCUT2D eigenvalue weighted by molar-refractivity contribution is 6.30. The van der Waals surface area contributed by atoms with Gasteiger partial charge >= 0.3 is 0 Å².